The largest absolute Gasteiger partial charge is 0.490 e. The van der Waals surface area contributed by atoms with Crippen molar-refractivity contribution < 1.29 is 14.3 Å². The first-order valence-electron chi connectivity index (χ1n) is 11.4. The topological polar surface area (TPSA) is 53.3 Å². The van der Waals surface area contributed by atoms with Crippen LogP contribution in [0.5, 0.6) is 5.75 Å². The molecule has 7 heteroatoms. The van der Waals surface area contributed by atoms with Gasteiger partial charge in [-0.05, 0) is 81.1 Å². The van der Waals surface area contributed by atoms with Crippen molar-refractivity contribution in [1.29, 1.82) is 0 Å². The standard InChI is InChI=1S/C27H24Cl2N2O3/c1-2-33-27(32)26-25(29)22-15-17(23-13-8-18(28)16-30-23)7-14-24(22)31(26)19-9-11-21(12-10-19)34-20-5-3-4-6-20/h7-16,20H,2-6H2,1H3. The van der Waals surface area contributed by atoms with E-state index in [1.807, 2.05) is 53.1 Å². The minimum Gasteiger partial charge on any atom is -0.490 e. The minimum atomic E-state index is -0.471. The molecule has 1 aliphatic carbocycles. The van der Waals surface area contributed by atoms with Crippen molar-refractivity contribution >= 4 is 40.1 Å². The maximum Gasteiger partial charge on any atom is 0.356 e. The summed E-state index contributed by atoms with van der Waals surface area (Å²) in [4.78, 5) is 17.3. The average molecular weight is 495 g/mol. The second-order valence-electron chi connectivity index (χ2n) is 8.33. The summed E-state index contributed by atoms with van der Waals surface area (Å²) in [6, 6.07) is 17.2. The van der Waals surface area contributed by atoms with Crippen molar-refractivity contribution in [3.63, 3.8) is 0 Å². The molecule has 2 aromatic heterocycles. The molecule has 5 rings (SSSR count). The van der Waals surface area contributed by atoms with Gasteiger partial charge in [-0.3, -0.25) is 4.98 Å². The van der Waals surface area contributed by atoms with E-state index in [0.717, 1.165) is 46.4 Å². The fraction of sp³-hybridized carbons (Fsp3) is 0.259. The van der Waals surface area contributed by atoms with E-state index in [1.54, 1.807) is 19.2 Å². The highest BCUT2D eigenvalue weighted by Crippen LogP contribution is 2.37. The Kier molecular flexibility index (Phi) is 6.48. The molecule has 0 radical (unpaired) electrons. The molecular formula is C27H24Cl2N2O3. The molecule has 0 spiro atoms. The summed E-state index contributed by atoms with van der Waals surface area (Å²) in [5, 5.41) is 1.65. The molecule has 0 aliphatic heterocycles. The number of carbonyl (C=O) groups excluding carboxylic acids is 1. The number of hydrogen-bond acceptors (Lipinski definition) is 4. The van der Waals surface area contributed by atoms with Gasteiger partial charge < -0.3 is 14.0 Å². The maximum absolute atomic E-state index is 12.9. The maximum atomic E-state index is 12.9. The number of rotatable bonds is 6. The summed E-state index contributed by atoms with van der Waals surface area (Å²) in [7, 11) is 0. The van der Waals surface area contributed by atoms with Gasteiger partial charge in [0.2, 0.25) is 0 Å². The third-order valence-corrected chi connectivity index (χ3v) is 6.70. The zero-order chi connectivity index (χ0) is 23.7. The number of halogens is 2. The fourth-order valence-electron chi connectivity index (χ4n) is 4.48. The number of hydrogen-bond donors (Lipinski definition) is 0. The first-order chi connectivity index (χ1) is 16.5. The first-order valence-corrected chi connectivity index (χ1v) is 12.2. The van der Waals surface area contributed by atoms with Crippen LogP contribution in [0.3, 0.4) is 0 Å². The summed E-state index contributed by atoms with van der Waals surface area (Å²) < 4.78 is 13.3. The number of ether oxygens (including phenoxy) is 2. The van der Waals surface area contributed by atoms with Crippen molar-refractivity contribution in [3.8, 4) is 22.7 Å². The molecule has 1 fully saturated rings. The Balaban J connectivity index is 1.59. The van der Waals surface area contributed by atoms with E-state index in [-0.39, 0.29) is 12.7 Å². The summed E-state index contributed by atoms with van der Waals surface area (Å²) in [6.07, 6.45) is 6.50. The minimum absolute atomic E-state index is 0.255. The summed E-state index contributed by atoms with van der Waals surface area (Å²) >= 11 is 12.8. The lowest BCUT2D eigenvalue weighted by Gasteiger charge is -2.15. The summed E-state index contributed by atoms with van der Waals surface area (Å²) in [5.41, 5.74) is 3.54. The molecule has 5 nitrogen and oxygen atoms in total. The second kappa shape index (κ2) is 9.69. The molecule has 0 unspecified atom stereocenters. The third kappa shape index (κ3) is 4.38. The van der Waals surface area contributed by atoms with Gasteiger partial charge in [0.05, 0.1) is 34.0 Å². The number of benzene rings is 2. The van der Waals surface area contributed by atoms with Crippen LogP contribution >= 0.6 is 23.2 Å². The van der Waals surface area contributed by atoms with E-state index >= 15 is 0 Å². The molecule has 0 amide bonds. The van der Waals surface area contributed by atoms with Crippen LogP contribution in [0.2, 0.25) is 10.0 Å². The molecule has 2 aromatic carbocycles. The highest BCUT2D eigenvalue weighted by atomic mass is 35.5. The molecule has 1 aliphatic rings. The van der Waals surface area contributed by atoms with E-state index in [2.05, 4.69) is 4.98 Å². The number of nitrogens with zero attached hydrogens (tertiary/aromatic N) is 2. The van der Waals surface area contributed by atoms with Gasteiger partial charge in [0, 0.05) is 22.8 Å². The van der Waals surface area contributed by atoms with Gasteiger partial charge in [-0.1, -0.05) is 29.3 Å². The van der Waals surface area contributed by atoms with Crippen LogP contribution in [0, 0.1) is 0 Å². The normalized spacial score (nSPS) is 14.0. The molecule has 174 valence electrons. The molecule has 0 N–H and O–H groups in total. The monoisotopic (exact) mass is 494 g/mol. The molecule has 0 atom stereocenters. The Morgan fingerprint density at radius 1 is 1.06 bits per heavy atom. The number of carbonyl (C=O) groups is 1. The van der Waals surface area contributed by atoms with E-state index in [9.17, 15) is 4.79 Å². The zero-order valence-corrected chi connectivity index (χ0v) is 20.3. The number of aromatic nitrogens is 2. The van der Waals surface area contributed by atoms with Crippen LogP contribution in [0.4, 0.5) is 0 Å². The van der Waals surface area contributed by atoms with Crippen molar-refractivity contribution in [2.75, 3.05) is 6.61 Å². The van der Waals surface area contributed by atoms with Gasteiger partial charge in [0.15, 0.2) is 5.69 Å². The van der Waals surface area contributed by atoms with Gasteiger partial charge >= 0.3 is 5.97 Å². The molecule has 4 aromatic rings. The highest BCUT2D eigenvalue weighted by molar-refractivity contribution is 6.39. The van der Waals surface area contributed by atoms with Crippen molar-refractivity contribution in [2.24, 2.45) is 0 Å². The lowest BCUT2D eigenvalue weighted by Crippen LogP contribution is -2.12. The van der Waals surface area contributed by atoms with E-state index in [1.165, 1.54) is 12.8 Å². The lowest BCUT2D eigenvalue weighted by molar-refractivity contribution is 0.0517. The lowest BCUT2D eigenvalue weighted by atomic mass is 10.1. The smallest absolute Gasteiger partial charge is 0.356 e. The van der Waals surface area contributed by atoms with Crippen molar-refractivity contribution in [2.45, 2.75) is 38.7 Å². The third-order valence-electron chi connectivity index (χ3n) is 6.10. The van der Waals surface area contributed by atoms with Gasteiger partial charge in [-0.15, -0.1) is 0 Å². The quantitative estimate of drug-likeness (QED) is 0.260. The SMILES string of the molecule is CCOC(=O)c1c(Cl)c2cc(-c3ccc(Cl)cn3)ccc2n1-c1ccc(OC2CCCC2)cc1. The predicted octanol–water partition coefficient (Wildman–Crippen LogP) is 7.50. The molecule has 0 bridgehead atoms. The fourth-order valence-corrected chi connectivity index (χ4v) is 4.90. The van der Waals surface area contributed by atoms with Crippen LogP contribution < -0.4 is 4.74 Å². The Bertz CT molecular complexity index is 1330. The molecule has 2 heterocycles. The van der Waals surface area contributed by atoms with E-state index in [4.69, 9.17) is 32.7 Å². The Morgan fingerprint density at radius 3 is 2.50 bits per heavy atom. The van der Waals surface area contributed by atoms with E-state index < -0.39 is 5.97 Å². The Hall–Kier alpha value is -3.02. The second-order valence-corrected chi connectivity index (χ2v) is 9.14. The van der Waals surface area contributed by atoms with Crippen LogP contribution in [-0.2, 0) is 4.74 Å². The first kappa shape index (κ1) is 22.8. The van der Waals surface area contributed by atoms with Crippen molar-refractivity contribution in [1.82, 2.24) is 9.55 Å². The van der Waals surface area contributed by atoms with Crippen LogP contribution in [-0.4, -0.2) is 28.2 Å². The van der Waals surface area contributed by atoms with E-state index in [0.29, 0.717) is 15.7 Å². The van der Waals surface area contributed by atoms with Gasteiger partial charge in [-0.2, -0.15) is 0 Å². The highest BCUT2D eigenvalue weighted by Gasteiger charge is 2.25. The van der Waals surface area contributed by atoms with Crippen LogP contribution in [0.25, 0.3) is 27.8 Å². The predicted molar refractivity (Wildman–Crippen MR) is 135 cm³/mol. The number of fused-ring (bicyclic) bond motifs is 1. The average Bonchev–Trinajstić information content (AvgIpc) is 3.46. The molecular weight excluding hydrogens is 471 g/mol. The van der Waals surface area contributed by atoms with Crippen molar-refractivity contribution in [3.05, 3.63) is 76.5 Å². The molecule has 34 heavy (non-hydrogen) atoms. The molecule has 1 saturated carbocycles. The van der Waals surface area contributed by atoms with Gasteiger partial charge in [0.1, 0.15) is 5.75 Å². The zero-order valence-electron chi connectivity index (χ0n) is 18.8. The van der Waals surface area contributed by atoms with Crippen LogP contribution in [0.15, 0.2) is 60.8 Å². The Morgan fingerprint density at radius 2 is 1.82 bits per heavy atom. The van der Waals surface area contributed by atoms with Crippen LogP contribution in [0.1, 0.15) is 43.1 Å². The van der Waals surface area contributed by atoms with Gasteiger partial charge in [-0.25, -0.2) is 4.79 Å². The van der Waals surface area contributed by atoms with Gasteiger partial charge in [0.25, 0.3) is 0 Å². The molecule has 0 saturated heterocycles. The number of pyridine rings is 1. The summed E-state index contributed by atoms with van der Waals surface area (Å²) in [5.74, 6) is 0.355. The number of esters is 1. The Labute approximate surface area is 208 Å². The summed E-state index contributed by atoms with van der Waals surface area (Å²) in [6.45, 7) is 2.03.